The molecule has 1 heterocycles. The summed E-state index contributed by atoms with van der Waals surface area (Å²) < 4.78 is 5.00. The van der Waals surface area contributed by atoms with Gasteiger partial charge in [-0.1, -0.05) is 6.92 Å². The van der Waals surface area contributed by atoms with Gasteiger partial charge in [0.2, 0.25) is 0 Å². The number of hydrogen-bond acceptors (Lipinski definition) is 4. The molecule has 31 heavy (non-hydrogen) atoms. The van der Waals surface area contributed by atoms with Gasteiger partial charge in [-0.3, -0.25) is 10.9 Å². The van der Waals surface area contributed by atoms with Crippen LogP contribution in [0.5, 0.6) is 5.75 Å². The molecule has 1 fully saturated rings. The van der Waals surface area contributed by atoms with Crippen LogP contribution in [0.3, 0.4) is 0 Å². The molecule has 1 aliphatic rings. The number of nitrogens with zero attached hydrogens (tertiary/aromatic N) is 1. The number of rotatable bonds is 6. The van der Waals surface area contributed by atoms with Crippen molar-refractivity contribution in [3.05, 3.63) is 74.2 Å². The van der Waals surface area contributed by atoms with Crippen molar-refractivity contribution in [2.24, 2.45) is 0 Å². The zero-order chi connectivity index (χ0) is 20.9. The first kappa shape index (κ1) is 35.0. The van der Waals surface area contributed by atoms with Crippen LogP contribution in [0, 0.1) is 62.2 Å². The quantitative estimate of drug-likeness (QED) is 0.207. The van der Waals surface area contributed by atoms with Crippen LogP contribution in [0.4, 0.5) is 0 Å². The average molecular weight is 657 g/mol. The van der Waals surface area contributed by atoms with E-state index in [1.807, 2.05) is 32.9 Å². The third-order valence-corrected chi connectivity index (χ3v) is 3.89. The van der Waals surface area contributed by atoms with Gasteiger partial charge in [0.15, 0.2) is 5.91 Å². The maximum Gasteiger partial charge on any atom is 2.00 e. The van der Waals surface area contributed by atoms with E-state index in [2.05, 4.69) is 30.1 Å². The zero-order valence-corrected chi connectivity index (χ0v) is 25.9. The molecule has 2 atom stereocenters. The molecule has 0 bridgehead atoms. The molecule has 7 heteroatoms. The molecule has 0 saturated carbocycles. The summed E-state index contributed by atoms with van der Waals surface area (Å²) in [6.07, 6.45) is 11.5. The topological polar surface area (TPSA) is 65.4 Å². The summed E-state index contributed by atoms with van der Waals surface area (Å²) >= 11 is 0. The van der Waals surface area contributed by atoms with E-state index in [9.17, 15) is 4.79 Å². The molecular weight excluding hydrogens is 623 g/mol. The second-order valence-electron chi connectivity index (χ2n) is 6.49. The monoisotopic (exact) mass is 656 g/mol. The van der Waals surface area contributed by atoms with Crippen molar-refractivity contribution < 1.29 is 70.2 Å². The van der Waals surface area contributed by atoms with Crippen LogP contribution in [0.2, 0.25) is 0 Å². The molecule has 1 amide bonds. The minimum atomic E-state index is -0.193. The molecule has 2 rings (SSSR count). The second-order valence-corrected chi connectivity index (χ2v) is 6.49. The van der Waals surface area contributed by atoms with Gasteiger partial charge in [-0.05, 0) is 19.6 Å². The Hall–Kier alpha value is -0.608. The normalized spacial score (nSPS) is 17.4. The van der Waals surface area contributed by atoms with Crippen molar-refractivity contribution in [2.45, 2.75) is 39.3 Å². The first-order valence-corrected chi connectivity index (χ1v) is 9.38. The zero-order valence-electron chi connectivity index (χ0n) is 19.7. The Kier molecular flexibility index (Phi) is 22.6. The number of methoxy groups -OCH3 is 1. The second kappa shape index (κ2) is 20.0. The Morgan fingerprint density at radius 1 is 1.42 bits per heavy atom. The number of amides is 1. The number of nitrogens with one attached hydrogen (secondary N) is 2. The van der Waals surface area contributed by atoms with E-state index >= 15 is 0 Å². The van der Waals surface area contributed by atoms with Crippen LogP contribution in [-0.2, 0) is 4.79 Å². The fourth-order valence-corrected chi connectivity index (χ4v) is 2.74. The Labute approximate surface area is 235 Å². The van der Waals surface area contributed by atoms with Crippen molar-refractivity contribution in [1.29, 1.82) is 5.41 Å². The third kappa shape index (κ3) is 14.2. The Bertz CT molecular complexity index is 713. The third-order valence-electron chi connectivity index (χ3n) is 3.89. The van der Waals surface area contributed by atoms with Crippen molar-refractivity contribution >= 4 is 11.6 Å². The first-order valence-electron chi connectivity index (χ1n) is 9.38. The summed E-state index contributed by atoms with van der Waals surface area (Å²) in [6.45, 7) is 10.9. The molecule has 5 nitrogen and oxygen atoms in total. The van der Waals surface area contributed by atoms with Crippen molar-refractivity contribution in [3.8, 4) is 5.75 Å². The number of piperazine rings is 1. The van der Waals surface area contributed by atoms with Crippen LogP contribution in [0.25, 0.3) is 0 Å². The number of allylic oxidation sites excluding steroid dienone is 3. The van der Waals surface area contributed by atoms with Crippen molar-refractivity contribution in [3.63, 3.8) is 0 Å². The van der Waals surface area contributed by atoms with Gasteiger partial charge in [-0.25, -0.2) is 6.08 Å². The van der Waals surface area contributed by atoms with Gasteiger partial charge in [-0.2, -0.15) is 17.7 Å². The Morgan fingerprint density at radius 3 is 2.55 bits per heavy atom. The molecule has 1 aliphatic heterocycles. The van der Waals surface area contributed by atoms with Crippen molar-refractivity contribution in [1.82, 2.24) is 10.2 Å². The average Bonchev–Trinajstić information content (AvgIpc) is 2.69. The largest absolute Gasteiger partial charge is 2.00 e. The van der Waals surface area contributed by atoms with Crippen molar-refractivity contribution in [2.75, 3.05) is 20.2 Å². The Balaban J connectivity index is -0.000000476. The van der Waals surface area contributed by atoms with Gasteiger partial charge in [-0.15, -0.1) is 43.4 Å². The maximum absolute atomic E-state index is 11.9. The summed E-state index contributed by atoms with van der Waals surface area (Å²) in [7, 11) is 1.62. The maximum atomic E-state index is 11.9. The van der Waals surface area contributed by atoms with Crippen LogP contribution in [0.15, 0.2) is 43.0 Å². The van der Waals surface area contributed by atoms with Crippen LogP contribution < -0.4 is 39.6 Å². The predicted octanol–water partition coefficient (Wildman–Crippen LogP) is 0.828. The number of hydrogen-bond donors (Lipinski definition) is 2. The molecule has 0 aliphatic carbocycles. The van der Waals surface area contributed by atoms with Gasteiger partial charge in [0.1, 0.15) is 0 Å². The van der Waals surface area contributed by atoms with E-state index < -0.39 is 0 Å². The number of ether oxygens (including phenoxy) is 1. The SMILES string of the molecule is C=CC=[C-]c1cc[c-]c(OC)c1.CC[C-]=CC(=N)C(=O)N1CC(C)NC(C)C1.[CH3-].[Na+].[U+2]. The van der Waals surface area contributed by atoms with Crippen LogP contribution in [-0.4, -0.2) is 48.8 Å². The van der Waals surface area contributed by atoms with Gasteiger partial charge in [0, 0.05) is 30.9 Å². The molecule has 162 valence electrons. The Morgan fingerprint density at radius 2 is 2.03 bits per heavy atom. The number of carbonyl (C=O) groups is 1. The van der Waals surface area contributed by atoms with E-state index in [0.717, 1.165) is 17.7 Å². The fourth-order valence-electron chi connectivity index (χ4n) is 2.74. The standard InChI is InChI=1S/C12H20N3O.C11H10O.CH3.Na.U/c1-4-5-6-11(13)12(16)15-7-9(2)14-10(3)8-15;1-3-4-6-10-7-5-8-11(9-10)12-2;;;/h6,9-10,13-14H,4,7-8H2,1-3H3;3-5,7,9H,1H2,2H3;1H3;;/q-1;-2;-1;+1;+2. The minimum Gasteiger partial charge on any atom is -0.523 e. The van der Waals surface area contributed by atoms with Crippen LogP contribution in [0.1, 0.15) is 32.8 Å². The molecule has 2 N–H and O–H groups in total. The van der Waals surface area contributed by atoms with Gasteiger partial charge in [0.05, 0.1) is 7.11 Å². The summed E-state index contributed by atoms with van der Waals surface area (Å²) in [4.78, 5) is 13.6. The van der Waals surface area contributed by atoms with E-state index in [1.54, 1.807) is 30.2 Å². The molecule has 1 saturated heterocycles. The van der Waals surface area contributed by atoms with Gasteiger partial charge < -0.3 is 27.8 Å². The van der Waals surface area contributed by atoms with Gasteiger partial charge in [0.25, 0.3) is 0 Å². The summed E-state index contributed by atoms with van der Waals surface area (Å²) in [5.41, 5.74) is 0.994. The fraction of sp³-hybridized carbons (Fsp3) is 0.375. The smallest absolute Gasteiger partial charge is 0.523 e. The summed E-state index contributed by atoms with van der Waals surface area (Å²) in [6, 6.07) is 9.09. The van der Waals surface area contributed by atoms with Crippen LogP contribution >= 0.6 is 0 Å². The predicted molar refractivity (Wildman–Crippen MR) is 120 cm³/mol. The number of benzene rings is 1. The molecule has 1 aromatic rings. The molecule has 0 spiro atoms. The van der Waals surface area contributed by atoms with E-state index in [4.69, 9.17) is 10.1 Å². The molecule has 0 radical (unpaired) electrons. The molecule has 1 aromatic carbocycles. The van der Waals surface area contributed by atoms with E-state index in [0.29, 0.717) is 25.2 Å². The van der Waals surface area contributed by atoms with E-state index in [1.165, 1.54) is 6.08 Å². The number of carbonyl (C=O) groups excluding carboxylic acids is 1. The first-order chi connectivity index (χ1) is 13.4. The summed E-state index contributed by atoms with van der Waals surface area (Å²) in [5.74, 6) is 0.526. The molecule has 0 aromatic heterocycles. The molecular formula is C24H33N3NaO2U-. The summed E-state index contributed by atoms with van der Waals surface area (Å²) in [5, 5.41) is 11.0. The minimum absolute atomic E-state index is 0. The van der Waals surface area contributed by atoms with Gasteiger partial charge >= 0.3 is 60.7 Å². The van der Waals surface area contributed by atoms with E-state index in [-0.39, 0.29) is 79.7 Å². The molecule has 2 unspecified atom stereocenters.